The number of aliphatic hydroxyl groups excluding tert-OH is 1. The van der Waals surface area contributed by atoms with Crippen molar-refractivity contribution in [1.29, 1.82) is 0 Å². The van der Waals surface area contributed by atoms with Crippen molar-refractivity contribution in [3.8, 4) is 11.3 Å². The van der Waals surface area contributed by atoms with Gasteiger partial charge in [0.2, 0.25) is 10.0 Å². The first-order valence-electron chi connectivity index (χ1n) is 8.61. The zero-order chi connectivity index (χ0) is 19.2. The Morgan fingerprint density at radius 2 is 2.15 bits per heavy atom. The summed E-state index contributed by atoms with van der Waals surface area (Å²) in [5.74, 6) is 0.250. The van der Waals surface area contributed by atoms with Crippen LogP contribution < -0.4 is 5.73 Å². The van der Waals surface area contributed by atoms with Gasteiger partial charge in [-0.05, 0) is 37.5 Å². The van der Waals surface area contributed by atoms with Crippen LogP contribution in [0.15, 0.2) is 35.6 Å². The molecule has 10 heteroatoms. The molecule has 4 rings (SSSR count). The van der Waals surface area contributed by atoms with Crippen molar-refractivity contribution in [1.82, 2.24) is 23.9 Å². The van der Waals surface area contributed by atoms with Crippen molar-refractivity contribution < 1.29 is 13.5 Å². The third kappa shape index (κ3) is 2.85. The molecule has 0 saturated carbocycles. The molecule has 1 atom stereocenters. The highest BCUT2D eigenvalue weighted by Gasteiger charge is 2.35. The summed E-state index contributed by atoms with van der Waals surface area (Å²) in [7, 11) is -3.71. The van der Waals surface area contributed by atoms with Gasteiger partial charge in [0.25, 0.3) is 0 Å². The minimum atomic E-state index is -3.71. The normalized spacial score (nSPS) is 18.4. The van der Waals surface area contributed by atoms with Gasteiger partial charge in [0.05, 0.1) is 23.4 Å². The molecule has 1 aliphatic heterocycles. The molecule has 3 heterocycles. The summed E-state index contributed by atoms with van der Waals surface area (Å²) >= 11 is 0. The van der Waals surface area contributed by atoms with E-state index < -0.39 is 10.0 Å². The second kappa shape index (κ2) is 6.55. The van der Waals surface area contributed by atoms with Crippen molar-refractivity contribution in [2.45, 2.75) is 30.7 Å². The predicted molar refractivity (Wildman–Crippen MR) is 99.4 cm³/mol. The maximum Gasteiger partial charge on any atom is 0.243 e. The summed E-state index contributed by atoms with van der Waals surface area (Å²) < 4.78 is 29.1. The van der Waals surface area contributed by atoms with Gasteiger partial charge >= 0.3 is 0 Å². The lowest BCUT2D eigenvalue weighted by molar-refractivity contribution is 0.213. The van der Waals surface area contributed by atoms with Crippen LogP contribution in [0.3, 0.4) is 0 Å². The largest absolute Gasteiger partial charge is 0.395 e. The molecular weight excluding hydrogens is 368 g/mol. The van der Waals surface area contributed by atoms with Crippen LogP contribution in [0.2, 0.25) is 0 Å². The molecule has 142 valence electrons. The first-order chi connectivity index (χ1) is 12.9. The Morgan fingerprint density at radius 3 is 2.93 bits per heavy atom. The molecule has 1 fully saturated rings. The average Bonchev–Trinajstić information content (AvgIpc) is 3.29. The van der Waals surface area contributed by atoms with Crippen LogP contribution in [-0.4, -0.2) is 56.6 Å². The zero-order valence-electron chi connectivity index (χ0n) is 14.8. The summed E-state index contributed by atoms with van der Waals surface area (Å²) in [5.41, 5.74) is 8.47. The van der Waals surface area contributed by atoms with E-state index in [4.69, 9.17) is 5.73 Å². The van der Waals surface area contributed by atoms with Crippen molar-refractivity contribution in [3.05, 3.63) is 36.3 Å². The van der Waals surface area contributed by atoms with Gasteiger partial charge in [-0.25, -0.2) is 22.9 Å². The number of sulfonamides is 1. The Morgan fingerprint density at radius 1 is 1.33 bits per heavy atom. The molecule has 9 nitrogen and oxygen atoms in total. The molecular formula is C17H20N6O3S. The summed E-state index contributed by atoms with van der Waals surface area (Å²) in [6, 6.07) is 4.60. The molecule has 0 bridgehead atoms. The Labute approximate surface area is 156 Å². The first kappa shape index (κ1) is 17.8. The highest BCUT2D eigenvalue weighted by molar-refractivity contribution is 7.89. The van der Waals surface area contributed by atoms with Crippen LogP contribution in [0.1, 0.15) is 18.4 Å². The van der Waals surface area contributed by atoms with Crippen LogP contribution in [0.4, 0.5) is 5.82 Å². The van der Waals surface area contributed by atoms with Crippen LogP contribution in [0.25, 0.3) is 16.9 Å². The fourth-order valence-corrected chi connectivity index (χ4v) is 5.21. The van der Waals surface area contributed by atoms with Gasteiger partial charge in [-0.3, -0.25) is 0 Å². The molecule has 0 amide bonds. The number of imidazole rings is 1. The van der Waals surface area contributed by atoms with Gasteiger partial charge in [-0.15, -0.1) is 0 Å². The number of aliphatic hydroxyl groups is 1. The molecule has 0 aliphatic carbocycles. The molecule has 0 radical (unpaired) electrons. The predicted octanol–water partition coefficient (Wildman–Crippen LogP) is 0.827. The SMILES string of the molecule is Cc1ccc(S(=O)(=O)N2CCCC2CO)cc1-c1cnc2c(N)ncnn12. The summed E-state index contributed by atoms with van der Waals surface area (Å²) in [6.45, 7) is 2.12. The lowest BCUT2D eigenvalue weighted by atomic mass is 10.1. The second-order valence-electron chi connectivity index (χ2n) is 6.60. The van der Waals surface area contributed by atoms with Crippen molar-refractivity contribution in [3.63, 3.8) is 0 Å². The molecule has 27 heavy (non-hydrogen) atoms. The number of hydrogen-bond donors (Lipinski definition) is 2. The Bertz CT molecular complexity index is 1110. The highest BCUT2D eigenvalue weighted by atomic mass is 32.2. The summed E-state index contributed by atoms with van der Waals surface area (Å²) in [4.78, 5) is 8.35. The zero-order valence-corrected chi connectivity index (χ0v) is 15.6. The van der Waals surface area contributed by atoms with Crippen molar-refractivity contribution in [2.24, 2.45) is 0 Å². The molecule has 1 aliphatic rings. The monoisotopic (exact) mass is 388 g/mol. The number of nitrogens with two attached hydrogens (primary N) is 1. The minimum absolute atomic E-state index is 0.179. The topological polar surface area (TPSA) is 127 Å². The Kier molecular flexibility index (Phi) is 4.33. The number of nitrogen functional groups attached to an aromatic ring is 1. The number of fused-ring (bicyclic) bond motifs is 1. The van der Waals surface area contributed by atoms with Gasteiger partial charge in [-0.1, -0.05) is 6.07 Å². The second-order valence-corrected chi connectivity index (χ2v) is 8.49. The van der Waals surface area contributed by atoms with Gasteiger partial charge in [0.15, 0.2) is 11.5 Å². The van der Waals surface area contributed by atoms with Gasteiger partial charge in [-0.2, -0.15) is 9.40 Å². The van der Waals surface area contributed by atoms with Crippen LogP contribution >= 0.6 is 0 Å². The van der Waals surface area contributed by atoms with Gasteiger partial charge < -0.3 is 10.8 Å². The maximum atomic E-state index is 13.1. The summed E-state index contributed by atoms with van der Waals surface area (Å²) in [5, 5.41) is 13.7. The lowest BCUT2D eigenvalue weighted by Gasteiger charge is -2.23. The van der Waals surface area contributed by atoms with E-state index in [9.17, 15) is 13.5 Å². The fraction of sp³-hybridized carbons (Fsp3) is 0.353. The maximum absolute atomic E-state index is 13.1. The molecule has 1 aromatic carbocycles. The van der Waals surface area contributed by atoms with Crippen LogP contribution in [0, 0.1) is 6.92 Å². The number of aryl methyl sites for hydroxylation is 1. The van der Waals surface area contributed by atoms with Crippen LogP contribution in [0.5, 0.6) is 0 Å². The molecule has 3 aromatic rings. The number of benzene rings is 1. The van der Waals surface area contributed by atoms with E-state index in [1.165, 1.54) is 10.6 Å². The molecule has 1 saturated heterocycles. The first-order valence-corrected chi connectivity index (χ1v) is 10.1. The Balaban J connectivity index is 1.83. The third-order valence-electron chi connectivity index (χ3n) is 4.96. The van der Waals surface area contributed by atoms with Crippen molar-refractivity contribution >= 4 is 21.5 Å². The lowest BCUT2D eigenvalue weighted by Crippen LogP contribution is -2.37. The number of nitrogens with zero attached hydrogens (tertiary/aromatic N) is 5. The van der Waals surface area contributed by atoms with E-state index in [0.717, 1.165) is 12.0 Å². The van der Waals surface area contributed by atoms with Crippen LogP contribution in [-0.2, 0) is 10.0 Å². The quantitative estimate of drug-likeness (QED) is 0.677. The number of aromatic nitrogens is 4. The smallest absolute Gasteiger partial charge is 0.243 e. The van der Waals surface area contributed by atoms with E-state index in [2.05, 4.69) is 15.1 Å². The van der Waals surface area contributed by atoms with Gasteiger partial charge in [0.1, 0.15) is 6.33 Å². The van der Waals surface area contributed by atoms with E-state index in [-0.39, 0.29) is 23.4 Å². The molecule has 1 unspecified atom stereocenters. The average molecular weight is 388 g/mol. The standard InChI is InChI=1S/C17H20N6O3S/c1-11-4-5-13(27(25,26)22-6-2-3-12(22)9-24)7-14(11)15-8-19-17-16(18)20-10-21-23(15)17/h4-5,7-8,10,12,24H,2-3,6,9H2,1H3,(H2,18,20,21). The fourth-order valence-electron chi connectivity index (χ4n) is 3.50. The minimum Gasteiger partial charge on any atom is -0.395 e. The summed E-state index contributed by atoms with van der Waals surface area (Å²) in [6.07, 6.45) is 4.34. The number of rotatable bonds is 4. The van der Waals surface area contributed by atoms with E-state index in [1.807, 2.05) is 6.92 Å². The number of anilines is 1. The van der Waals surface area contributed by atoms with E-state index >= 15 is 0 Å². The molecule has 2 aromatic heterocycles. The Hall–Kier alpha value is -2.56. The van der Waals surface area contributed by atoms with E-state index in [1.54, 1.807) is 28.9 Å². The van der Waals surface area contributed by atoms with Gasteiger partial charge in [0, 0.05) is 18.2 Å². The molecule has 3 N–H and O–H groups in total. The number of hydrogen-bond acceptors (Lipinski definition) is 7. The third-order valence-corrected chi connectivity index (χ3v) is 6.90. The molecule has 0 spiro atoms. The van der Waals surface area contributed by atoms with Crippen molar-refractivity contribution in [2.75, 3.05) is 18.9 Å². The highest BCUT2D eigenvalue weighted by Crippen LogP contribution is 2.31. The van der Waals surface area contributed by atoms with E-state index in [0.29, 0.717) is 29.9 Å².